The van der Waals surface area contributed by atoms with Crippen molar-refractivity contribution in [2.45, 2.75) is 6.42 Å². The number of non-ortho nitro benzene ring substituents is 1. The molecule has 0 aliphatic carbocycles. The van der Waals surface area contributed by atoms with E-state index in [1.54, 1.807) is 18.1 Å². The van der Waals surface area contributed by atoms with E-state index in [1.165, 1.54) is 18.2 Å². The molecule has 158 valence electrons. The van der Waals surface area contributed by atoms with Crippen LogP contribution in [0.3, 0.4) is 0 Å². The molecule has 0 bridgehead atoms. The van der Waals surface area contributed by atoms with Crippen molar-refractivity contribution in [3.8, 4) is 11.5 Å². The Labute approximate surface area is 175 Å². The van der Waals surface area contributed by atoms with Crippen LogP contribution in [0.1, 0.15) is 5.56 Å². The van der Waals surface area contributed by atoms with Gasteiger partial charge in [-0.3, -0.25) is 14.9 Å². The molecular weight excluding hydrogens is 386 g/mol. The first-order chi connectivity index (χ1) is 14.5. The van der Waals surface area contributed by atoms with E-state index in [0.29, 0.717) is 30.8 Å². The maximum Gasteiger partial charge on any atom is 0.269 e. The third kappa shape index (κ3) is 5.08. The molecule has 0 radical (unpaired) electrons. The molecule has 8 heteroatoms. The molecule has 1 amide bonds. The van der Waals surface area contributed by atoms with Crippen molar-refractivity contribution in [3.63, 3.8) is 0 Å². The van der Waals surface area contributed by atoms with Crippen LogP contribution in [-0.4, -0.2) is 55.6 Å². The van der Waals surface area contributed by atoms with Crippen LogP contribution in [0.2, 0.25) is 0 Å². The molecule has 3 rings (SSSR count). The quantitative estimate of drug-likeness (QED) is 0.377. The van der Waals surface area contributed by atoms with Gasteiger partial charge in [0.05, 0.1) is 12.0 Å². The number of nitrogens with zero attached hydrogens (tertiary/aromatic N) is 3. The van der Waals surface area contributed by atoms with Crippen molar-refractivity contribution < 1.29 is 19.2 Å². The maximum absolute atomic E-state index is 12.6. The Hall–Kier alpha value is -3.55. The smallest absolute Gasteiger partial charge is 0.269 e. The Morgan fingerprint density at radius 3 is 2.47 bits per heavy atom. The number of rotatable bonds is 8. The van der Waals surface area contributed by atoms with Crippen LogP contribution in [-0.2, 0) is 11.2 Å². The van der Waals surface area contributed by atoms with E-state index < -0.39 is 4.92 Å². The van der Waals surface area contributed by atoms with Gasteiger partial charge in [0.25, 0.3) is 11.6 Å². The number of hydrogen-bond acceptors (Lipinski definition) is 6. The summed E-state index contributed by atoms with van der Waals surface area (Å²) in [6.45, 7) is 6.24. The molecule has 1 fully saturated rings. The van der Waals surface area contributed by atoms with Crippen LogP contribution in [0.4, 0.5) is 11.4 Å². The summed E-state index contributed by atoms with van der Waals surface area (Å²) in [6.07, 6.45) is 2.07. The van der Waals surface area contributed by atoms with Gasteiger partial charge in [-0.05, 0) is 36.8 Å². The number of methoxy groups -OCH3 is 1. The molecule has 0 aromatic heterocycles. The number of hydrogen-bond donors (Lipinski definition) is 0. The number of carbonyl (C=O) groups is 1. The van der Waals surface area contributed by atoms with E-state index in [4.69, 9.17) is 9.47 Å². The minimum Gasteiger partial charge on any atom is -0.497 e. The van der Waals surface area contributed by atoms with Crippen LogP contribution in [0.25, 0.3) is 0 Å². The molecule has 1 aliphatic heterocycles. The van der Waals surface area contributed by atoms with Gasteiger partial charge in [-0.1, -0.05) is 6.08 Å². The zero-order valence-corrected chi connectivity index (χ0v) is 17.0. The number of amides is 1. The number of carbonyl (C=O) groups excluding carboxylic acids is 1. The lowest BCUT2D eigenvalue weighted by molar-refractivity contribution is -0.384. The summed E-state index contributed by atoms with van der Waals surface area (Å²) in [5.41, 5.74) is 1.72. The van der Waals surface area contributed by atoms with Crippen LogP contribution >= 0.6 is 0 Å². The molecule has 1 saturated heterocycles. The van der Waals surface area contributed by atoms with Gasteiger partial charge in [0.2, 0.25) is 0 Å². The highest BCUT2D eigenvalue weighted by atomic mass is 16.6. The van der Waals surface area contributed by atoms with Crippen molar-refractivity contribution in [1.82, 2.24) is 4.90 Å². The first kappa shape index (κ1) is 21.2. The fourth-order valence-corrected chi connectivity index (χ4v) is 3.37. The van der Waals surface area contributed by atoms with Gasteiger partial charge >= 0.3 is 0 Å². The van der Waals surface area contributed by atoms with E-state index in [9.17, 15) is 14.9 Å². The van der Waals surface area contributed by atoms with E-state index >= 15 is 0 Å². The highest BCUT2D eigenvalue weighted by Crippen LogP contribution is 2.25. The lowest BCUT2D eigenvalue weighted by atomic mass is 10.1. The van der Waals surface area contributed by atoms with Gasteiger partial charge in [0.1, 0.15) is 11.5 Å². The molecule has 0 N–H and O–H groups in total. The summed E-state index contributed by atoms with van der Waals surface area (Å²) in [7, 11) is 1.64. The number of nitro groups is 1. The number of anilines is 1. The van der Waals surface area contributed by atoms with E-state index in [2.05, 4.69) is 11.5 Å². The van der Waals surface area contributed by atoms with Crippen LogP contribution in [0, 0.1) is 10.1 Å². The molecule has 0 saturated carbocycles. The van der Waals surface area contributed by atoms with E-state index in [-0.39, 0.29) is 18.2 Å². The third-order valence-corrected chi connectivity index (χ3v) is 5.04. The zero-order chi connectivity index (χ0) is 21.5. The highest BCUT2D eigenvalue weighted by Gasteiger charge is 2.22. The van der Waals surface area contributed by atoms with Crippen molar-refractivity contribution in [1.29, 1.82) is 0 Å². The fourth-order valence-electron chi connectivity index (χ4n) is 3.37. The molecule has 2 aromatic rings. The van der Waals surface area contributed by atoms with Crippen LogP contribution in [0.15, 0.2) is 55.1 Å². The van der Waals surface area contributed by atoms with Gasteiger partial charge in [0.15, 0.2) is 6.61 Å². The monoisotopic (exact) mass is 411 g/mol. The first-order valence-electron chi connectivity index (χ1n) is 9.69. The summed E-state index contributed by atoms with van der Waals surface area (Å²) in [5.74, 6) is 1.17. The van der Waals surface area contributed by atoms with E-state index in [1.807, 2.05) is 24.3 Å². The summed E-state index contributed by atoms with van der Waals surface area (Å²) >= 11 is 0. The Morgan fingerprint density at radius 2 is 1.87 bits per heavy atom. The fraction of sp³-hybridized carbons (Fsp3) is 0.318. The largest absolute Gasteiger partial charge is 0.497 e. The second-order valence-electron chi connectivity index (χ2n) is 6.90. The Morgan fingerprint density at radius 1 is 1.17 bits per heavy atom. The number of nitro benzene ring substituents is 1. The second kappa shape index (κ2) is 9.78. The Balaban J connectivity index is 1.54. The first-order valence-corrected chi connectivity index (χ1v) is 9.69. The average Bonchev–Trinajstić information content (AvgIpc) is 2.78. The topological polar surface area (TPSA) is 85.1 Å². The maximum atomic E-state index is 12.6. The van der Waals surface area contributed by atoms with Crippen molar-refractivity contribution in [3.05, 3.63) is 70.8 Å². The standard InChI is InChI=1S/C22H25N3O5/c1-3-4-17-15-19(25(27)28)7-10-21(17)30-16-22(26)24-13-11-23(12-14-24)18-5-8-20(29-2)9-6-18/h3,5-10,15H,1,4,11-14,16H2,2H3. The number of piperazine rings is 1. The molecule has 0 spiro atoms. The molecule has 30 heavy (non-hydrogen) atoms. The normalized spacial score (nSPS) is 13.6. The summed E-state index contributed by atoms with van der Waals surface area (Å²) in [5, 5.41) is 11.0. The number of ether oxygens (including phenoxy) is 2. The number of allylic oxidation sites excluding steroid dienone is 1. The highest BCUT2D eigenvalue weighted by molar-refractivity contribution is 5.78. The molecule has 0 atom stereocenters. The molecular formula is C22H25N3O5. The van der Waals surface area contributed by atoms with Crippen molar-refractivity contribution in [2.75, 3.05) is 44.8 Å². The molecule has 2 aromatic carbocycles. The SMILES string of the molecule is C=CCc1cc([N+](=O)[O-])ccc1OCC(=O)N1CCN(c2ccc(OC)cc2)CC1. The lowest BCUT2D eigenvalue weighted by Gasteiger charge is -2.36. The molecule has 8 nitrogen and oxygen atoms in total. The Kier molecular flexibility index (Phi) is 6.90. The van der Waals surface area contributed by atoms with Gasteiger partial charge in [0, 0.05) is 49.6 Å². The van der Waals surface area contributed by atoms with Crippen molar-refractivity contribution in [2.24, 2.45) is 0 Å². The molecule has 1 heterocycles. The summed E-state index contributed by atoms with van der Waals surface area (Å²) in [6, 6.07) is 12.2. The van der Waals surface area contributed by atoms with Crippen LogP contribution in [0.5, 0.6) is 11.5 Å². The van der Waals surface area contributed by atoms with Crippen molar-refractivity contribution >= 4 is 17.3 Å². The molecule has 0 unspecified atom stereocenters. The predicted molar refractivity (Wildman–Crippen MR) is 114 cm³/mol. The van der Waals surface area contributed by atoms with Gasteiger partial charge in [-0.15, -0.1) is 6.58 Å². The minimum atomic E-state index is -0.455. The van der Waals surface area contributed by atoms with Gasteiger partial charge < -0.3 is 19.3 Å². The van der Waals surface area contributed by atoms with E-state index in [0.717, 1.165) is 24.5 Å². The Bertz CT molecular complexity index is 905. The second-order valence-corrected chi connectivity index (χ2v) is 6.90. The van der Waals surface area contributed by atoms with Gasteiger partial charge in [-0.25, -0.2) is 0 Å². The lowest BCUT2D eigenvalue weighted by Crippen LogP contribution is -2.50. The average molecular weight is 411 g/mol. The predicted octanol–water partition coefficient (Wildman–Crippen LogP) is 3.06. The third-order valence-electron chi connectivity index (χ3n) is 5.04. The summed E-state index contributed by atoms with van der Waals surface area (Å²) in [4.78, 5) is 27.1. The zero-order valence-electron chi connectivity index (χ0n) is 17.0. The molecule has 1 aliphatic rings. The van der Waals surface area contributed by atoms with Gasteiger partial charge in [-0.2, -0.15) is 0 Å². The minimum absolute atomic E-state index is 0.0137. The number of benzene rings is 2. The van der Waals surface area contributed by atoms with Crippen LogP contribution < -0.4 is 14.4 Å². The summed E-state index contributed by atoms with van der Waals surface area (Å²) < 4.78 is 10.9.